The fourth-order valence-corrected chi connectivity index (χ4v) is 2.52. The minimum atomic E-state index is 0.438. The molecule has 1 unspecified atom stereocenters. The zero-order valence-electron chi connectivity index (χ0n) is 12.0. The van der Waals surface area contributed by atoms with Gasteiger partial charge in [-0.25, -0.2) is 0 Å². The number of aromatic nitrogens is 4. The van der Waals surface area contributed by atoms with Gasteiger partial charge in [0.2, 0.25) is 0 Å². The summed E-state index contributed by atoms with van der Waals surface area (Å²) >= 11 is 5.95. The van der Waals surface area contributed by atoms with Crippen molar-refractivity contribution in [2.75, 3.05) is 0 Å². The fourth-order valence-electron chi connectivity index (χ4n) is 2.13. The predicted octanol–water partition coefficient (Wildman–Crippen LogP) is 3.45. The number of hydrogen-bond acceptors (Lipinski definition) is 2. The highest BCUT2D eigenvalue weighted by Crippen LogP contribution is 2.17. The van der Waals surface area contributed by atoms with E-state index in [1.54, 1.807) is 0 Å². The highest BCUT2D eigenvalue weighted by molar-refractivity contribution is 6.17. The zero-order chi connectivity index (χ0) is 14.0. The first-order valence-corrected chi connectivity index (χ1v) is 7.23. The Morgan fingerprint density at radius 3 is 2.63 bits per heavy atom. The van der Waals surface area contributed by atoms with Gasteiger partial charge in [0.25, 0.3) is 0 Å². The lowest BCUT2D eigenvalue weighted by atomic mass is 10.2. The average Bonchev–Trinajstić information content (AvgIpc) is 2.95. The van der Waals surface area contributed by atoms with Crippen molar-refractivity contribution < 1.29 is 0 Å². The van der Waals surface area contributed by atoms with Crippen LogP contribution in [0.5, 0.6) is 0 Å². The maximum Gasteiger partial charge on any atom is 0.0853 e. The Hall–Kier alpha value is -1.29. The van der Waals surface area contributed by atoms with E-state index in [0.29, 0.717) is 18.5 Å². The van der Waals surface area contributed by atoms with Gasteiger partial charge in [-0.2, -0.15) is 10.2 Å². The van der Waals surface area contributed by atoms with Crippen molar-refractivity contribution in [2.45, 2.75) is 52.6 Å². The molecule has 0 spiro atoms. The quantitative estimate of drug-likeness (QED) is 0.787. The van der Waals surface area contributed by atoms with Crippen LogP contribution in [0.2, 0.25) is 0 Å². The van der Waals surface area contributed by atoms with Gasteiger partial charge in [-0.05, 0) is 33.3 Å². The van der Waals surface area contributed by atoms with Crippen LogP contribution in [0, 0.1) is 13.8 Å². The number of alkyl halides is 1. The normalized spacial score (nSPS) is 12.9. The minimum absolute atomic E-state index is 0.438. The second-order valence-corrected chi connectivity index (χ2v) is 5.25. The molecule has 0 aliphatic rings. The van der Waals surface area contributed by atoms with Gasteiger partial charge in [0, 0.05) is 23.5 Å². The van der Waals surface area contributed by atoms with E-state index in [9.17, 15) is 0 Å². The van der Waals surface area contributed by atoms with Crippen LogP contribution in [-0.4, -0.2) is 19.6 Å². The molecule has 0 fully saturated rings. The van der Waals surface area contributed by atoms with Crippen molar-refractivity contribution in [1.29, 1.82) is 0 Å². The third kappa shape index (κ3) is 2.84. The maximum atomic E-state index is 5.95. The molecule has 0 radical (unpaired) electrons. The van der Waals surface area contributed by atoms with Crippen LogP contribution < -0.4 is 0 Å². The Kier molecular flexibility index (Phi) is 4.30. The van der Waals surface area contributed by atoms with Gasteiger partial charge >= 0.3 is 0 Å². The molecule has 0 saturated heterocycles. The summed E-state index contributed by atoms with van der Waals surface area (Å²) in [5.41, 5.74) is 4.30. The molecule has 2 rings (SSSR count). The van der Waals surface area contributed by atoms with E-state index >= 15 is 0 Å². The molecule has 0 bridgehead atoms. The maximum absolute atomic E-state index is 5.95. The number of hydrogen-bond donors (Lipinski definition) is 0. The monoisotopic (exact) mass is 280 g/mol. The summed E-state index contributed by atoms with van der Waals surface area (Å²) in [6, 6.07) is 2.50. The van der Waals surface area contributed by atoms with Crippen LogP contribution in [-0.2, 0) is 12.4 Å². The molecule has 0 N–H and O–H groups in total. The van der Waals surface area contributed by atoms with Crippen LogP contribution in [0.1, 0.15) is 49.0 Å². The summed E-state index contributed by atoms with van der Waals surface area (Å²) in [4.78, 5) is 0. The van der Waals surface area contributed by atoms with E-state index in [2.05, 4.69) is 37.0 Å². The Bertz CT molecular complexity index is 556. The van der Waals surface area contributed by atoms with Gasteiger partial charge < -0.3 is 0 Å². The molecule has 2 heterocycles. The Morgan fingerprint density at radius 1 is 1.32 bits per heavy atom. The highest BCUT2D eigenvalue weighted by Gasteiger charge is 2.12. The Balaban J connectivity index is 2.19. The summed E-state index contributed by atoms with van der Waals surface area (Å²) in [7, 11) is 0. The van der Waals surface area contributed by atoms with Crippen molar-refractivity contribution in [3.8, 4) is 0 Å². The third-order valence-electron chi connectivity index (χ3n) is 3.68. The SMILES string of the molecule is CCC(C)n1ccc(Cn2nc(C)c(CCl)c2C)n1. The highest BCUT2D eigenvalue weighted by atomic mass is 35.5. The lowest BCUT2D eigenvalue weighted by molar-refractivity contribution is 0.470. The Labute approximate surface area is 119 Å². The molecular formula is C14H21ClN4. The van der Waals surface area contributed by atoms with E-state index in [1.807, 2.05) is 22.5 Å². The predicted molar refractivity (Wildman–Crippen MR) is 77.6 cm³/mol. The van der Waals surface area contributed by atoms with E-state index < -0.39 is 0 Å². The van der Waals surface area contributed by atoms with E-state index in [1.165, 1.54) is 0 Å². The van der Waals surface area contributed by atoms with Gasteiger partial charge in [-0.1, -0.05) is 6.92 Å². The molecular weight excluding hydrogens is 260 g/mol. The third-order valence-corrected chi connectivity index (χ3v) is 3.95. The van der Waals surface area contributed by atoms with Crippen molar-refractivity contribution >= 4 is 11.6 Å². The van der Waals surface area contributed by atoms with Crippen LogP contribution in [0.15, 0.2) is 12.3 Å². The molecule has 104 valence electrons. The molecule has 19 heavy (non-hydrogen) atoms. The van der Waals surface area contributed by atoms with Gasteiger partial charge in [-0.3, -0.25) is 9.36 Å². The molecule has 0 saturated carbocycles. The summed E-state index contributed by atoms with van der Waals surface area (Å²) < 4.78 is 4.00. The van der Waals surface area contributed by atoms with E-state index in [-0.39, 0.29) is 0 Å². The molecule has 0 aromatic carbocycles. The molecule has 0 amide bonds. The number of nitrogens with zero attached hydrogens (tertiary/aromatic N) is 4. The first kappa shape index (κ1) is 14.1. The van der Waals surface area contributed by atoms with Crippen molar-refractivity contribution in [2.24, 2.45) is 0 Å². The zero-order valence-corrected chi connectivity index (χ0v) is 12.8. The average molecular weight is 281 g/mol. The van der Waals surface area contributed by atoms with Gasteiger partial charge in [0.05, 0.1) is 23.8 Å². The van der Waals surface area contributed by atoms with E-state index in [4.69, 9.17) is 11.6 Å². The van der Waals surface area contributed by atoms with Crippen LogP contribution in [0.3, 0.4) is 0 Å². The Morgan fingerprint density at radius 2 is 2.05 bits per heavy atom. The van der Waals surface area contributed by atoms with E-state index in [0.717, 1.165) is 29.1 Å². The minimum Gasteiger partial charge on any atom is -0.270 e. The van der Waals surface area contributed by atoms with Crippen molar-refractivity contribution in [3.05, 3.63) is 34.9 Å². The second-order valence-electron chi connectivity index (χ2n) is 4.99. The van der Waals surface area contributed by atoms with Gasteiger partial charge in [0.1, 0.15) is 0 Å². The molecule has 2 aromatic rings. The molecule has 0 aliphatic carbocycles. The standard InChI is InChI=1S/C14H21ClN4/c1-5-10(2)18-7-6-13(17-18)9-19-12(4)14(8-15)11(3)16-19/h6-7,10H,5,8-9H2,1-4H3. The van der Waals surface area contributed by atoms with Crippen LogP contribution in [0.4, 0.5) is 0 Å². The fraction of sp³-hybridized carbons (Fsp3) is 0.571. The summed E-state index contributed by atoms with van der Waals surface area (Å²) in [5.74, 6) is 0.513. The van der Waals surface area contributed by atoms with Crippen molar-refractivity contribution in [3.63, 3.8) is 0 Å². The largest absolute Gasteiger partial charge is 0.270 e. The first-order valence-electron chi connectivity index (χ1n) is 6.69. The van der Waals surface area contributed by atoms with Crippen LogP contribution >= 0.6 is 11.6 Å². The molecule has 4 nitrogen and oxygen atoms in total. The molecule has 2 aromatic heterocycles. The number of halogens is 1. The lowest BCUT2D eigenvalue weighted by Gasteiger charge is -2.08. The summed E-state index contributed by atoms with van der Waals surface area (Å²) in [6.45, 7) is 9.10. The second kappa shape index (κ2) is 5.78. The lowest BCUT2D eigenvalue weighted by Crippen LogP contribution is -2.08. The summed E-state index contributed by atoms with van der Waals surface area (Å²) in [5, 5.41) is 9.14. The molecule has 1 atom stereocenters. The smallest absolute Gasteiger partial charge is 0.0853 e. The number of aryl methyl sites for hydroxylation is 1. The summed E-state index contributed by atoms with van der Waals surface area (Å²) in [6.07, 6.45) is 3.12. The first-order chi connectivity index (χ1) is 9.06. The topological polar surface area (TPSA) is 35.6 Å². The number of rotatable bonds is 5. The molecule has 0 aliphatic heterocycles. The van der Waals surface area contributed by atoms with Gasteiger partial charge in [-0.15, -0.1) is 11.6 Å². The van der Waals surface area contributed by atoms with Crippen molar-refractivity contribution in [1.82, 2.24) is 19.6 Å². The molecule has 5 heteroatoms. The van der Waals surface area contributed by atoms with Crippen LogP contribution in [0.25, 0.3) is 0 Å². The van der Waals surface area contributed by atoms with Gasteiger partial charge in [0.15, 0.2) is 0 Å².